The molecule has 1 unspecified atom stereocenters. The Kier molecular flexibility index (Phi) is 6.65. The van der Waals surface area contributed by atoms with Gasteiger partial charge in [0, 0.05) is 13.1 Å². The number of hydrogen-bond acceptors (Lipinski definition) is 4. The van der Waals surface area contributed by atoms with Gasteiger partial charge in [0.2, 0.25) is 10.0 Å². The van der Waals surface area contributed by atoms with Gasteiger partial charge in [0.25, 0.3) is 5.91 Å². The van der Waals surface area contributed by atoms with E-state index in [4.69, 9.17) is 5.73 Å². The second-order valence-electron chi connectivity index (χ2n) is 5.19. The number of nitrogens with one attached hydrogen (secondary N) is 1. The Morgan fingerprint density at radius 2 is 2.09 bits per heavy atom. The maximum atomic E-state index is 12.6. The third kappa shape index (κ3) is 4.34. The van der Waals surface area contributed by atoms with Crippen LogP contribution in [0, 0.1) is 5.92 Å². The number of amides is 1. The summed E-state index contributed by atoms with van der Waals surface area (Å²) in [6, 6.07) is 6.69. The first kappa shape index (κ1) is 18.7. The van der Waals surface area contributed by atoms with Crippen molar-refractivity contribution < 1.29 is 13.2 Å². The van der Waals surface area contributed by atoms with Crippen LogP contribution in [0.3, 0.4) is 0 Å². The number of para-hydroxylation sites is 1. The normalized spacial score (nSPS) is 17.9. The zero-order valence-corrected chi connectivity index (χ0v) is 14.1. The van der Waals surface area contributed by atoms with Crippen LogP contribution in [0.5, 0.6) is 0 Å². The number of carbonyl (C=O) groups is 1. The van der Waals surface area contributed by atoms with Gasteiger partial charge in [-0.05, 0) is 37.9 Å². The number of nitrogens with zero attached hydrogens (tertiary/aromatic N) is 1. The number of likely N-dealkylation sites (tertiary alicyclic amines) is 1. The Hall–Kier alpha value is -1.31. The van der Waals surface area contributed by atoms with Crippen LogP contribution in [0.4, 0.5) is 5.69 Å². The molecule has 1 aliphatic rings. The quantitative estimate of drug-likeness (QED) is 0.839. The van der Waals surface area contributed by atoms with E-state index in [1.54, 1.807) is 36.1 Å². The lowest BCUT2D eigenvalue weighted by Gasteiger charge is -2.19. The van der Waals surface area contributed by atoms with E-state index in [-0.39, 0.29) is 24.1 Å². The molecular weight excluding hydrogens is 326 g/mol. The van der Waals surface area contributed by atoms with Crippen LogP contribution in [-0.2, 0) is 10.0 Å². The highest BCUT2D eigenvalue weighted by molar-refractivity contribution is 7.92. The van der Waals surface area contributed by atoms with Gasteiger partial charge in [0.05, 0.1) is 17.0 Å². The molecule has 1 amide bonds. The number of anilines is 1. The largest absolute Gasteiger partial charge is 0.338 e. The second kappa shape index (κ2) is 7.80. The maximum absolute atomic E-state index is 12.6. The molecule has 1 aromatic carbocycles. The average molecular weight is 348 g/mol. The molecule has 0 radical (unpaired) electrons. The van der Waals surface area contributed by atoms with Gasteiger partial charge in [0.15, 0.2) is 0 Å². The Morgan fingerprint density at radius 1 is 1.41 bits per heavy atom. The molecule has 0 aliphatic carbocycles. The summed E-state index contributed by atoms with van der Waals surface area (Å²) in [6.45, 7) is 3.41. The summed E-state index contributed by atoms with van der Waals surface area (Å²) in [4.78, 5) is 14.3. The Labute approximate surface area is 137 Å². The highest BCUT2D eigenvalue weighted by atomic mass is 35.5. The molecule has 1 saturated heterocycles. The lowest BCUT2D eigenvalue weighted by Crippen LogP contribution is -2.30. The third-order valence-electron chi connectivity index (χ3n) is 3.71. The van der Waals surface area contributed by atoms with E-state index in [1.807, 2.05) is 0 Å². The number of halogens is 1. The average Bonchev–Trinajstić information content (AvgIpc) is 2.96. The van der Waals surface area contributed by atoms with Crippen LogP contribution in [0.15, 0.2) is 24.3 Å². The van der Waals surface area contributed by atoms with E-state index in [0.29, 0.717) is 36.8 Å². The van der Waals surface area contributed by atoms with E-state index in [1.165, 1.54) is 0 Å². The molecule has 2 rings (SSSR count). The van der Waals surface area contributed by atoms with Crippen molar-refractivity contribution in [3.63, 3.8) is 0 Å². The second-order valence-corrected chi connectivity index (χ2v) is 7.20. The fourth-order valence-corrected chi connectivity index (χ4v) is 3.04. The molecule has 8 heteroatoms. The van der Waals surface area contributed by atoms with Crippen molar-refractivity contribution in [2.75, 3.05) is 30.1 Å². The zero-order chi connectivity index (χ0) is 15.5. The molecule has 0 saturated carbocycles. The molecule has 6 nitrogen and oxygen atoms in total. The molecule has 0 bridgehead atoms. The third-order valence-corrected chi connectivity index (χ3v) is 5.00. The summed E-state index contributed by atoms with van der Waals surface area (Å²) >= 11 is 0. The first-order valence-electron chi connectivity index (χ1n) is 7.05. The van der Waals surface area contributed by atoms with Crippen molar-refractivity contribution in [2.45, 2.75) is 13.3 Å². The summed E-state index contributed by atoms with van der Waals surface area (Å²) in [5, 5.41) is 0. The van der Waals surface area contributed by atoms with Gasteiger partial charge < -0.3 is 10.6 Å². The molecule has 1 atom stereocenters. The maximum Gasteiger partial charge on any atom is 0.255 e. The van der Waals surface area contributed by atoms with Crippen LogP contribution in [0.25, 0.3) is 0 Å². The predicted molar refractivity (Wildman–Crippen MR) is 89.8 cm³/mol. The Bertz CT molecular complexity index is 622. The van der Waals surface area contributed by atoms with Crippen molar-refractivity contribution in [2.24, 2.45) is 11.7 Å². The smallest absolute Gasteiger partial charge is 0.255 e. The molecular formula is C14H22ClN3O3S. The van der Waals surface area contributed by atoms with Crippen molar-refractivity contribution in [3.8, 4) is 0 Å². The van der Waals surface area contributed by atoms with Gasteiger partial charge in [-0.3, -0.25) is 9.52 Å². The first-order valence-corrected chi connectivity index (χ1v) is 8.71. The molecule has 1 aliphatic heterocycles. The van der Waals surface area contributed by atoms with Gasteiger partial charge in [-0.15, -0.1) is 12.4 Å². The minimum absolute atomic E-state index is 0. The number of hydrogen-bond donors (Lipinski definition) is 2. The number of benzene rings is 1. The summed E-state index contributed by atoms with van der Waals surface area (Å²) in [5.41, 5.74) is 6.35. The number of rotatable bonds is 5. The molecule has 124 valence electrons. The van der Waals surface area contributed by atoms with Gasteiger partial charge in [-0.25, -0.2) is 8.42 Å². The highest BCUT2D eigenvalue weighted by Gasteiger charge is 2.27. The van der Waals surface area contributed by atoms with Crippen molar-refractivity contribution >= 4 is 34.0 Å². The monoisotopic (exact) mass is 347 g/mol. The molecule has 1 heterocycles. The zero-order valence-electron chi connectivity index (χ0n) is 12.5. The van der Waals surface area contributed by atoms with E-state index in [0.717, 1.165) is 6.42 Å². The van der Waals surface area contributed by atoms with Crippen molar-refractivity contribution in [1.29, 1.82) is 0 Å². The van der Waals surface area contributed by atoms with Crippen molar-refractivity contribution in [1.82, 2.24) is 4.90 Å². The lowest BCUT2D eigenvalue weighted by molar-refractivity contribution is 0.0788. The predicted octanol–water partition coefficient (Wildman–Crippen LogP) is 1.29. The van der Waals surface area contributed by atoms with Crippen LogP contribution >= 0.6 is 12.4 Å². The van der Waals surface area contributed by atoms with Crippen LogP contribution in [0.2, 0.25) is 0 Å². The summed E-state index contributed by atoms with van der Waals surface area (Å²) < 4.78 is 25.9. The van der Waals surface area contributed by atoms with E-state index in [2.05, 4.69) is 4.72 Å². The lowest BCUT2D eigenvalue weighted by atomic mass is 10.1. The fourth-order valence-electron chi connectivity index (χ4n) is 2.38. The van der Waals surface area contributed by atoms with Gasteiger partial charge >= 0.3 is 0 Å². The van der Waals surface area contributed by atoms with Crippen LogP contribution < -0.4 is 10.5 Å². The van der Waals surface area contributed by atoms with E-state index < -0.39 is 10.0 Å². The molecule has 0 aromatic heterocycles. The summed E-state index contributed by atoms with van der Waals surface area (Å²) in [7, 11) is -3.41. The summed E-state index contributed by atoms with van der Waals surface area (Å²) in [5.74, 6) is 0.142. The minimum Gasteiger partial charge on any atom is -0.338 e. The Morgan fingerprint density at radius 3 is 2.68 bits per heavy atom. The highest BCUT2D eigenvalue weighted by Crippen LogP contribution is 2.23. The van der Waals surface area contributed by atoms with Crippen LogP contribution in [0.1, 0.15) is 23.7 Å². The SMILES string of the molecule is CCS(=O)(=O)Nc1ccccc1C(=O)N1CCC(CN)C1.Cl. The first-order chi connectivity index (χ1) is 9.96. The molecule has 3 N–H and O–H groups in total. The molecule has 22 heavy (non-hydrogen) atoms. The standard InChI is InChI=1S/C14H21N3O3S.ClH/c1-2-21(19,20)16-13-6-4-3-5-12(13)14(18)17-8-7-11(9-15)10-17;/h3-6,11,16H,2,7-10,15H2,1H3;1H. The van der Waals surface area contributed by atoms with Gasteiger partial charge in [-0.2, -0.15) is 0 Å². The summed E-state index contributed by atoms with van der Waals surface area (Å²) in [6.07, 6.45) is 0.894. The van der Waals surface area contributed by atoms with Crippen molar-refractivity contribution in [3.05, 3.63) is 29.8 Å². The molecule has 0 spiro atoms. The fraction of sp³-hybridized carbons (Fsp3) is 0.500. The van der Waals surface area contributed by atoms with Gasteiger partial charge in [-0.1, -0.05) is 12.1 Å². The van der Waals surface area contributed by atoms with Gasteiger partial charge in [0.1, 0.15) is 0 Å². The topological polar surface area (TPSA) is 92.5 Å². The molecule has 1 aromatic rings. The van der Waals surface area contributed by atoms with E-state index in [9.17, 15) is 13.2 Å². The number of carbonyl (C=O) groups excluding carboxylic acids is 1. The number of nitrogens with two attached hydrogens (primary N) is 1. The minimum atomic E-state index is -3.41. The van der Waals surface area contributed by atoms with Crippen LogP contribution in [-0.4, -0.2) is 44.6 Å². The van der Waals surface area contributed by atoms with E-state index >= 15 is 0 Å². The number of sulfonamides is 1. The molecule has 1 fully saturated rings. The Balaban J connectivity index is 0.00000242.